The maximum atomic E-state index is 14.5. The van der Waals surface area contributed by atoms with Gasteiger partial charge < -0.3 is 49.3 Å². The van der Waals surface area contributed by atoms with Gasteiger partial charge in [-0.1, -0.05) is 234 Å². The quantitative estimate of drug-likeness (QED) is 0.0124. The summed E-state index contributed by atoms with van der Waals surface area (Å²) in [5, 5.41) is 37.0. The second-order valence-electron chi connectivity index (χ2n) is 24.8. The number of aliphatic hydroxyl groups is 1. The summed E-state index contributed by atoms with van der Waals surface area (Å²) in [6.45, 7) is 11.0. The molecule has 1 aliphatic heterocycles. The van der Waals surface area contributed by atoms with Crippen LogP contribution in [0.15, 0.2) is 0 Å². The Labute approximate surface area is 531 Å². The van der Waals surface area contributed by atoms with Gasteiger partial charge in [0, 0.05) is 19.3 Å². The summed E-state index contributed by atoms with van der Waals surface area (Å²) in [6.07, 6.45) is 27.2. The van der Waals surface area contributed by atoms with Gasteiger partial charge in [0.2, 0.25) is 11.8 Å². The summed E-state index contributed by atoms with van der Waals surface area (Å²) in [4.78, 5) is 99.7. The Morgan fingerprint density at radius 3 is 1.12 bits per heavy atom. The van der Waals surface area contributed by atoms with E-state index in [0.717, 1.165) is 116 Å². The number of carboxylic acids is 1. The minimum absolute atomic E-state index is 0.168. The van der Waals surface area contributed by atoms with Gasteiger partial charge in [0.05, 0.1) is 32.5 Å². The molecule has 0 spiro atoms. The summed E-state index contributed by atoms with van der Waals surface area (Å²) in [5.41, 5.74) is 0. The number of aliphatic carboxylic acids is 1. The first-order chi connectivity index (χ1) is 42.7. The number of nitrogens with one attached hydrogen (secondary N) is 2. The van der Waals surface area contributed by atoms with E-state index >= 15 is 0 Å². The van der Waals surface area contributed by atoms with Crippen molar-refractivity contribution in [3.8, 4) is 0 Å². The molecule has 0 aromatic rings. The molecule has 0 radical (unpaired) electrons. The molecule has 1 heterocycles. The zero-order valence-corrected chi connectivity index (χ0v) is 56.0. The molecule has 1 saturated heterocycles. The standard InChI is InChI=1S/C69H126N2O17/c1-7-13-19-22-25-28-31-34-40-43-54(83-61(75)46-37-16-10-4)49-59(73)70-57(68(79)80)53-82-69-65(71-60(74)50-55(84-62(76)47-38-17-11-5)44-41-35-32-29-26-23-20-14-8-2)67(66(88-81)58(52-72)86-69)87-64(78)51-56(85-63(77)48-39-18-12-6)45-42-36-33-30-27-24-21-15-9-3/h54-58,65-67,69,72,81H,7-53H2,1-6H3,(H,70,73)(H,71,74)(H,79,80). The predicted molar refractivity (Wildman–Crippen MR) is 342 cm³/mol. The van der Waals surface area contributed by atoms with Gasteiger partial charge in [0.1, 0.15) is 30.5 Å². The zero-order valence-electron chi connectivity index (χ0n) is 56.0. The number of unbranched alkanes of at least 4 members (excludes halogenated alkanes) is 30. The molecule has 9 atom stereocenters. The third-order valence-corrected chi connectivity index (χ3v) is 16.6. The van der Waals surface area contributed by atoms with E-state index in [0.29, 0.717) is 57.8 Å². The van der Waals surface area contributed by atoms with Gasteiger partial charge in [-0.25, -0.2) is 9.68 Å². The second-order valence-corrected chi connectivity index (χ2v) is 24.8. The van der Waals surface area contributed by atoms with Gasteiger partial charge in [-0.2, -0.15) is 0 Å². The van der Waals surface area contributed by atoms with Gasteiger partial charge in [-0.3, -0.25) is 34.0 Å². The van der Waals surface area contributed by atoms with Crippen molar-refractivity contribution in [2.24, 2.45) is 0 Å². The number of hydrogen-bond donors (Lipinski definition) is 5. The molecule has 88 heavy (non-hydrogen) atoms. The Bertz CT molecular complexity index is 1790. The number of rotatable bonds is 60. The van der Waals surface area contributed by atoms with Crippen LogP contribution in [0.25, 0.3) is 0 Å². The predicted octanol–water partition coefficient (Wildman–Crippen LogP) is 15.0. The molecular weight excluding hydrogens is 1130 g/mol. The number of carbonyl (C=O) groups excluding carboxylic acids is 6. The molecule has 5 N–H and O–H groups in total. The van der Waals surface area contributed by atoms with Crippen LogP contribution in [-0.2, 0) is 66.9 Å². The molecule has 1 aliphatic rings. The maximum absolute atomic E-state index is 14.5. The lowest BCUT2D eigenvalue weighted by Crippen LogP contribution is -2.66. The summed E-state index contributed by atoms with van der Waals surface area (Å²) in [5.74, 6) is -5.12. The maximum Gasteiger partial charge on any atom is 0.328 e. The Morgan fingerprint density at radius 1 is 0.432 bits per heavy atom. The summed E-state index contributed by atoms with van der Waals surface area (Å²) < 4.78 is 36.1. The topological polar surface area (TPSA) is 269 Å². The highest BCUT2D eigenvalue weighted by Crippen LogP contribution is 2.29. The van der Waals surface area contributed by atoms with Crippen molar-refractivity contribution in [2.75, 3.05) is 13.2 Å². The molecule has 19 heteroatoms. The normalized spacial score (nSPS) is 18.0. The molecule has 0 bridgehead atoms. The van der Waals surface area contributed by atoms with Crippen molar-refractivity contribution < 1.29 is 82.3 Å². The summed E-state index contributed by atoms with van der Waals surface area (Å²) >= 11 is 0. The minimum Gasteiger partial charge on any atom is -0.480 e. The van der Waals surface area contributed by atoms with Crippen LogP contribution in [0.2, 0.25) is 0 Å². The Kier molecular flexibility index (Phi) is 52.1. The first-order valence-electron chi connectivity index (χ1n) is 35.5. The number of esters is 4. The Hall–Kier alpha value is -3.91. The molecular formula is C69H126N2O17. The average molecular weight is 1260 g/mol. The van der Waals surface area contributed by atoms with Crippen molar-refractivity contribution in [1.29, 1.82) is 0 Å². The highest BCUT2D eigenvalue weighted by Gasteiger charge is 2.51. The van der Waals surface area contributed by atoms with Crippen molar-refractivity contribution in [3.63, 3.8) is 0 Å². The largest absolute Gasteiger partial charge is 0.480 e. The van der Waals surface area contributed by atoms with Gasteiger partial charge in [-0.05, 0) is 57.8 Å². The number of carboxylic acid groups (broad SMARTS) is 1. The molecule has 514 valence electrons. The van der Waals surface area contributed by atoms with E-state index in [1.807, 2.05) is 20.8 Å². The Morgan fingerprint density at radius 2 is 0.773 bits per heavy atom. The first-order valence-corrected chi connectivity index (χ1v) is 35.5. The molecule has 19 nitrogen and oxygen atoms in total. The van der Waals surface area contributed by atoms with Crippen LogP contribution in [0.4, 0.5) is 0 Å². The Balaban J connectivity index is 3.63. The van der Waals surface area contributed by atoms with Crippen molar-refractivity contribution in [3.05, 3.63) is 0 Å². The molecule has 1 rings (SSSR count). The SMILES string of the molecule is CCCCCCCCCCCC(CC(=O)NC(COC1OC(CO)C(OO)C(OC(=O)CC(CCCCCCCCCCC)OC(=O)CCCCC)C1NC(=O)CC(CCCCCCCCCCC)OC(=O)CCCCC)C(=O)O)OC(=O)CCCCC. The summed E-state index contributed by atoms with van der Waals surface area (Å²) in [6, 6.07) is -3.29. The van der Waals surface area contributed by atoms with Gasteiger partial charge in [0.15, 0.2) is 24.5 Å². The van der Waals surface area contributed by atoms with Crippen molar-refractivity contribution in [1.82, 2.24) is 10.6 Å². The number of aliphatic hydroxyl groups excluding tert-OH is 1. The molecule has 0 aromatic heterocycles. The average Bonchev–Trinajstić information content (AvgIpc) is 2.89. The monoisotopic (exact) mass is 1250 g/mol. The van der Waals surface area contributed by atoms with Crippen LogP contribution in [0.3, 0.4) is 0 Å². The molecule has 0 saturated carbocycles. The van der Waals surface area contributed by atoms with E-state index < -0.39 is 116 Å². The van der Waals surface area contributed by atoms with E-state index in [4.69, 9.17) is 33.3 Å². The second kappa shape index (κ2) is 55.9. The lowest BCUT2D eigenvalue weighted by molar-refractivity contribution is -0.362. The van der Waals surface area contributed by atoms with E-state index in [1.165, 1.54) is 77.0 Å². The van der Waals surface area contributed by atoms with Crippen LogP contribution in [0.1, 0.15) is 330 Å². The molecule has 9 unspecified atom stereocenters. The van der Waals surface area contributed by atoms with Crippen LogP contribution in [0.5, 0.6) is 0 Å². The van der Waals surface area contributed by atoms with E-state index in [9.17, 15) is 49.0 Å². The number of hydrogen-bond acceptors (Lipinski definition) is 16. The number of ether oxygens (including phenoxy) is 6. The molecule has 0 aromatic carbocycles. The molecule has 2 amide bonds. The van der Waals surface area contributed by atoms with E-state index in [2.05, 4.69) is 31.4 Å². The third-order valence-electron chi connectivity index (χ3n) is 16.6. The molecule has 1 fully saturated rings. The van der Waals surface area contributed by atoms with E-state index in [1.54, 1.807) is 0 Å². The highest BCUT2D eigenvalue weighted by molar-refractivity contribution is 5.84. The lowest BCUT2D eigenvalue weighted by atomic mass is 9.95. The lowest BCUT2D eigenvalue weighted by Gasteiger charge is -2.44. The van der Waals surface area contributed by atoms with Gasteiger partial charge in [0.25, 0.3) is 0 Å². The number of amides is 2. The smallest absolute Gasteiger partial charge is 0.328 e. The van der Waals surface area contributed by atoms with Crippen LogP contribution in [0, 0.1) is 0 Å². The van der Waals surface area contributed by atoms with Crippen molar-refractivity contribution >= 4 is 41.7 Å². The fourth-order valence-electron chi connectivity index (χ4n) is 11.2. The van der Waals surface area contributed by atoms with Crippen LogP contribution < -0.4 is 10.6 Å². The highest BCUT2D eigenvalue weighted by atomic mass is 17.1. The van der Waals surface area contributed by atoms with Gasteiger partial charge >= 0.3 is 29.8 Å². The van der Waals surface area contributed by atoms with Crippen molar-refractivity contribution in [2.45, 2.75) is 385 Å². The minimum atomic E-state index is -1.72. The first kappa shape index (κ1) is 82.1. The van der Waals surface area contributed by atoms with Crippen LogP contribution >= 0.6 is 0 Å². The fourth-order valence-corrected chi connectivity index (χ4v) is 11.2. The molecule has 0 aliphatic carbocycles. The van der Waals surface area contributed by atoms with Crippen LogP contribution in [-0.4, -0.2) is 125 Å². The zero-order chi connectivity index (χ0) is 64.8. The van der Waals surface area contributed by atoms with E-state index in [-0.39, 0.29) is 32.1 Å². The summed E-state index contributed by atoms with van der Waals surface area (Å²) in [7, 11) is 0. The third kappa shape index (κ3) is 42.2. The van der Waals surface area contributed by atoms with Gasteiger partial charge in [-0.15, -0.1) is 0 Å². The number of carbonyl (C=O) groups is 7. The fraction of sp³-hybridized carbons (Fsp3) is 0.899.